The van der Waals surface area contributed by atoms with E-state index < -0.39 is 62.8 Å². The molecule has 4 heterocycles. The topological polar surface area (TPSA) is 163 Å². The fraction of sp³-hybridized carbons (Fsp3) is 0.647. The van der Waals surface area contributed by atoms with Gasteiger partial charge in [-0.2, -0.15) is 0 Å². The summed E-state index contributed by atoms with van der Waals surface area (Å²) in [5.41, 5.74) is -1.47. The van der Waals surface area contributed by atoms with Gasteiger partial charge in [-0.1, -0.05) is 64.5 Å². The average molecular weight is 691 g/mol. The first kappa shape index (κ1) is 37.3. The number of sulfone groups is 1. The first-order valence-electron chi connectivity index (χ1n) is 16.8. The molecule has 4 aliphatic heterocycles. The summed E-state index contributed by atoms with van der Waals surface area (Å²) in [4.78, 5) is 59.1. The van der Waals surface area contributed by atoms with Crippen molar-refractivity contribution >= 4 is 33.4 Å². The van der Waals surface area contributed by atoms with E-state index >= 15 is 0 Å². The molecule has 4 rings (SSSR count). The van der Waals surface area contributed by atoms with Crippen molar-refractivity contribution in [1.29, 1.82) is 0 Å². The van der Waals surface area contributed by atoms with Gasteiger partial charge < -0.3 is 29.7 Å². The molecule has 266 valence electrons. The van der Waals surface area contributed by atoms with Crippen molar-refractivity contribution in [3.05, 3.63) is 47.9 Å². The Balaban J connectivity index is 1.82. The zero-order chi connectivity index (χ0) is 35.4. The quantitative estimate of drug-likeness (QED) is 0.374. The second-order valence-corrected chi connectivity index (χ2v) is 15.5. The molecule has 2 amide bonds. The average Bonchev–Trinajstić information content (AvgIpc) is 3.68. The summed E-state index contributed by atoms with van der Waals surface area (Å²) in [6.45, 7) is 12.8. The van der Waals surface area contributed by atoms with Gasteiger partial charge in [0, 0.05) is 32.0 Å². The van der Waals surface area contributed by atoms with Gasteiger partial charge in [0.1, 0.15) is 29.1 Å². The highest BCUT2D eigenvalue weighted by Crippen LogP contribution is 2.50. The predicted octanol–water partition coefficient (Wildman–Crippen LogP) is 1.66. The van der Waals surface area contributed by atoms with Gasteiger partial charge in [0.15, 0.2) is 16.1 Å². The molecule has 2 saturated heterocycles. The second-order valence-electron chi connectivity index (χ2n) is 13.2. The minimum atomic E-state index is -4.04. The summed E-state index contributed by atoms with van der Waals surface area (Å²) < 4.78 is 40.6. The molecule has 1 unspecified atom stereocenters. The van der Waals surface area contributed by atoms with Crippen molar-refractivity contribution in [2.24, 2.45) is 11.8 Å². The molecule has 4 aliphatic rings. The summed E-state index contributed by atoms with van der Waals surface area (Å²) in [6, 6.07) is 0. The van der Waals surface area contributed by atoms with E-state index in [1.165, 1.54) is 28.2 Å². The van der Waals surface area contributed by atoms with Gasteiger partial charge in [0.05, 0.1) is 18.3 Å². The third-order valence-electron chi connectivity index (χ3n) is 9.55. The number of Topliss-reactive ketones (excluding diaryl/α,β-unsaturated/α-hetero) is 1. The molecule has 13 nitrogen and oxygen atoms in total. The number of nitrogens with one attached hydrogen (secondary N) is 1. The molecular weight excluding hydrogens is 640 g/mol. The van der Waals surface area contributed by atoms with Gasteiger partial charge in [-0.05, 0) is 38.4 Å². The van der Waals surface area contributed by atoms with E-state index in [-0.39, 0.29) is 62.2 Å². The number of ketones is 1. The fourth-order valence-electron chi connectivity index (χ4n) is 7.09. The first-order chi connectivity index (χ1) is 22.7. The van der Waals surface area contributed by atoms with Crippen LogP contribution < -0.4 is 5.32 Å². The Morgan fingerprint density at radius 3 is 2.50 bits per heavy atom. The van der Waals surface area contributed by atoms with Crippen LogP contribution >= 0.6 is 0 Å². The van der Waals surface area contributed by atoms with E-state index in [0.717, 1.165) is 0 Å². The summed E-state index contributed by atoms with van der Waals surface area (Å²) >= 11 is 0. The Hall–Kier alpha value is -3.49. The van der Waals surface area contributed by atoms with E-state index in [0.29, 0.717) is 18.7 Å². The number of aliphatic hydroxyl groups excluding tert-OH is 1. The Bertz CT molecular complexity index is 1480. The van der Waals surface area contributed by atoms with Crippen molar-refractivity contribution in [1.82, 2.24) is 20.0 Å². The van der Waals surface area contributed by atoms with Crippen LogP contribution in [0.1, 0.15) is 60.8 Å². The number of rotatable bonds is 7. The van der Waals surface area contributed by atoms with Crippen LogP contribution in [0.3, 0.4) is 0 Å². The Labute approximate surface area is 283 Å². The summed E-state index contributed by atoms with van der Waals surface area (Å²) in [5, 5.41) is 12.0. The summed E-state index contributed by atoms with van der Waals surface area (Å²) in [7, 11) is -4.04. The number of aliphatic hydroxyl groups is 1. The van der Waals surface area contributed by atoms with Crippen LogP contribution in [0, 0.1) is 11.8 Å². The number of nitrogens with zero attached hydrogens (tertiary/aromatic N) is 3. The minimum absolute atomic E-state index is 0.00978. The monoisotopic (exact) mass is 690 g/mol. The molecule has 0 radical (unpaired) electrons. The highest BCUT2D eigenvalue weighted by molar-refractivity contribution is 7.92. The molecule has 0 bridgehead atoms. The lowest BCUT2D eigenvalue weighted by Crippen LogP contribution is -2.67. The van der Waals surface area contributed by atoms with Crippen LogP contribution in [0.5, 0.6) is 0 Å². The number of ether oxygens (including phenoxy) is 2. The lowest BCUT2D eigenvalue weighted by molar-refractivity contribution is -0.180. The molecule has 0 aliphatic carbocycles. The maximum Gasteiger partial charge on any atom is 0.355 e. The van der Waals surface area contributed by atoms with Gasteiger partial charge in [0.2, 0.25) is 11.6 Å². The predicted molar refractivity (Wildman–Crippen MR) is 178 cm³/mol. The number of allylic oxidation sites excluding steroid dienone is 2. The Kier molecular flexibility index (Phi) is 12.0. The van der Waals surface area contributed by atoms with Gasteiger partial charge in [-0.25, -0.2) is 13.2 Å². The molecule has 2 fully saturated rings. The highest BCUT2D eigenvalue weighted by atomic mass is 32.2. The zero-order valence-electron chi connectivity index (χ0n) is 28.8. The molecule has 0 aromatic rings. The third kappa shape index (κ3) is 7.55. The number of esters is 1. The number of carbonyl (C=O) groups is 4. The second kappa shape index (κ2) is 15.4. The minimum Gasteiger partial charge on any atom is -0.475 e. The van der Waals surface area contributed by atoms with Gasteiger partial charge in [0.25, 0.3) is 5.91 Å². The maximum atomic E-state index is 14.8. The van der Waals surface area contributed by atoms with E-state index in [1.807, 2.05) is 32.6 Å². The van der Waals surface area contributed by atoms with Gasteiger partial charge in [-0.15, -0.1) is 0 Å². The number of hydrogen-bond donors (Lipinski definition) is 2. The van der Waals surface area contributed by atoms with E-state index in [4.69, 9.17) is 9.47 Å². The number of amides is 2. The van der Waals surface area contributed by atoms with Crippen molar-refractivity contribution in [2.45, 2.75) is 90.2 Å². The molecule has 6 atom stereocenters. The third-order valence-corrected chi connectivity index (χ3v) is 11.7. The Morgan fingerprint density at radius 1 is 1.12 bits per heavy atom. The Morgan fingerprint density at radius 2 is 1.83 bits per heavy atom. The van der Waals surface area contributed by atoms with Crippen LogP contribution in [0.4, 0.5) is 0 Å². The standard InChI is InChI=1S/C34H50N4O9S/c1-7-36(8-2)16-17-48(44,45)28-13-15-37-32(42)27-21-46-30-20-26(40)19-25(39)18-23(5)10-9-14-35-29(41)12-11-24(6)31(22(3)4)47-33(43)34(28,37)38(27)30/h9-12,18,21-22,24-25,28,30-31,39H,7-8,13-17,19-20H2,1-6H3,(H,35,41)/b10-9+,12-11+,23-18+/t24-,25-,28-,30?,31-,34-/m1/s1. The molecule has 14 heteroatoms. The molecule has 0 saturated carbocycles. The first-order valence-corrected chi connectivity index (χ1v) is 18.5. The molecule has 48 heavy (non-hydrogen) atoms. The van der Waals surface area contributed by atoms with E-state index in [1.54, 1.807) is 32.1 Å². The highest BCUT2D eigenvalue weighted by Gasteiger charge is 2.73. The molecule has 1 spiro atoms. The van der Waals surface area contributed by atoms with Crippen molar-refractivity contribution in [3.8, 4) is 0 Å². The van der Waals surface area contributed by atoms with Crippen molar-refractivity contribution < 1.29 is 42.2 Å². The van der Waals surface area contributed by atoms with Crippen LogP contribution in [-0.2, 0) is 38.5 Å². The number of carbonyl (C=O) groups excluding carboxylic acids is 4. The van der Waals surface area contributed by atoms with Gasteiger partial charge in [-0.3, -0.25) is 19.3 Å². The van der Waals surface area contributed by atoms with Crippen LogP contribution in [0.2, 0.25) is 0 Å². The zero-order valence-corrected chi connectivity index (χ0v) is 29.6. The molecular formula is C34H50N4O9S. The van der Waals surface area contributed by atoms with Crippen LogP contribution in [0.25, 0.3) is 0 Å². The maximum absolute atomic E-state index is 14.8. The van der Waals surface area contributed by atoms with E-state index in [2.05, 4.69) is 5.32 Å². The normalized spacial score (nSPS) is 33.0. The van der Waals surface area contributed by atoms with Crippen molar-refractivity contribution in [2.75, 3.05) is 38.5 Å². The molecule has 0 aromatic carbocycles. The fourth-order valence-corrected chi connectivity index (χ4v) is 9.19. The smallest absolute Gasteiger partial charge is 0.355 e. The SMILES string of the molecule is CCN(CC)CCS(=O)(=O)[C@@H]1CCN2C(=O)C3=COC4CC(=O)C[C@H](O)/C=C(C)/C=C/CNC(=O)/C=C/[C@@H](C)[C@@H](C(C)C)OC(=O)[C@]12N34. The lowest BCUT2D eigenvalue weighted by Gasteiger charge is -2.43. The lowest BCUT2D eigenvalue weighted by atomic mass is 9.93. The number of hydrogen-bond acceptors (Lipinski definition) is 11. The van der Waals surface area contributed by atoms with Crippen molar-refractivity contribution in [3.63, 3.8) is 0 Å². The summed E-state index contributed by atoms with van der Waals surface area (Å²) in [6.07, 6.45) is 5.40. The largest absolute Gasteiger partial charge is 0.475 e. The summed E-state index contributed by atoms with van der Waals surface area (Å²) in [5.74, 6) is -3.26. The van der Waals surface area contributed by atoms with Crippen LogP contribution in [0.15, 0.2) is 47.9 Å². The molecule has 2 N–H and O–H groups in total. The van der Waals surface area contributed by atoms with Crippen LogP contribution in [-0.4, -0.2) is 120 Å². The van der Waals surface area contributed by atoms with E-state index in [9.17, 15) is 32.7 Å². The molecule has 0 aromatic heterocycles. The number of cyclic esters (lactones) is 1. The van der Waals surface area contributed by atoms with Gasteiger partial charge >= 0.3 is 5.97 Å².